The Morgan fingerprint density at radius 2 is 1.64 bits per heavy atom. The van der Waals surface area contributed by atoms with Gasteiger partial charge in [0.25, 0.3) is 0 Å². The molecule has 2 amide bonds. The molecule has 3 saturated heterocycles. The second-order valence-corrected chi connectivity index (χ2v) is 19.2. The minimum absolute atomic E-state index is 0.00315. The molecule has 3 aliphatic carbocycles. The number of phenolic OH excluding ortho intramolecular Hbond substituents is 1. The molecule has 11 rings (SSSR count). The molecule has 4 fully saturated rings. The summed E-state index contributed by atoms with van der Waals surface area (Å²) in [5, 5.41) is 12.8. The predicted molar refractivity (Wildman–Crippen MR) is 234 cm³/mol. The van der Waals surface area contributed by atoms with Crippen LogP contribution in [0.25, 0.3) is 0 Å². The fraction of sp³-hybridized carbons (Fsp3) is 0.471. The van der Waals surface area contributed by atoms with E-state index in [1.54, 1.807) is 7.11 Å². The molecule has 7 aliphatic rings. The van der Waals surface area contributed by atoms with E-state index in [-0.39, 0.29) is 36.0 Å². The highest BCUT2D eigenvalue weighted by molar-refractivity contribution is 6.07. The maximum Gasteiger partial charge on any atom is 0.230 e. The first-order valence-corrected chi connectivity index (χ1v) is 22.7. The van der Waals surface area contributed by atoms with E-state index in [9.17, 15) is 19.5 Å². The van der Waals surface area contributed by atoms with Crippen molar-refractivity contribution in [1.82, 2.24) is 10.2 Å². The van der Waals surface area contributed by atoms with Crippen LogP contribution in [-0.2, 0) is 22.4 Å². The summed E-state index contributed by atoms with van der Waals surface area (Å²) in [6, 6.07) is 28.0. The molecule has 10 heteroatoms. The van der Waals surface area contributed by atoms with Crippen LogP contribution in [0.3, 0.4) is 0 Å². The minimum atomic E-state index is -0.454. The van der Waals surface area contributed by atoms with Crippen LogP contribution in [0.5, 0.6) is 17.2 Å². The number of hydrogen-bond donors (Lipinski definition) is 2. The predicted octanol–water partition coefficient (Wildman–Crippen LogP) is 7.25. The zero-order valence-electron chi connectivity index (χ0n) is 35.1. The lowest BCUT2D eigenvalue weighted by atomic mass is 9.57. The van der Waals surface area contributed by atoms with E-state index in [0.29, 0.717) is 42.1 Å². The lowest BCUT2D eigenvalue weighted by Crippen LogP contribution is -2.59. The largest absolute Gasteiger partial charge is 0.508 e. The number of anilines is 2. The number of carbonyl (C=O) groups is 3. The molecule has 0 bridgehead atoms. The van der Waals surface area contributed by atoms with Crippen molar-refractivity contribution in [1.29, 1.82) is 0 Å². The van der Waals surface area contributed by atoms with E-state index < -0.39 is 11.8 Å². The number of nitrogens with zero attached hydrogens (tertiary/aromatic N) is 3. The van der Waals surface area contributed by atoms with Crippen LogP contribution in [0.1, 0.15) is 95.0 Å². The number of aromatic hydroxyl groups is 1. The lowest BCUT2D eigenvalue weighted by molar-refractivity contribution is -0.137. The van der Waals surface area contributed by atoms with Gasteiger partial charge in [-0.1, -0.05) is 42.5 Å². The zero-order chi connectivity index (χ0) is 41.4. The number of piperazine rings is 1. The van der Waals surface area contributed by atoms with Crippen molar-refractivity contribution < 1.29 is 29.0 Å². The molecule has 4 aromatic rings. The van der Waals surface area contributed by atoms with Crippen molar-refractivity contribution >= 4 is 29.0 Å². The second-order valence-electron chi connectivity index (χ2n) is 19.2. The van der Waals surface area contributed by atoms with Crippen LogP contribution in [0.15, 0.2) is 78.9 Å². The average Bonchev–Trinajstić information content (AvgIpc) is 3.58. The number of phenols is 1. The normalized spacial score (nSPS) is 27.0. The summed E-state index contributed by atoms with van der Waals surface area (Å²) >= 11 is 0. The van der Waals surface area contributed by atoms with Gasteiger partial charge >= 0.3 is 0 Å². The van der Waals surface area contributed by atoms with Gasteiger partial charge in [-0.25, -0.2) is 0 Å². The van der Waals surface area contributed by atoms with Crippen LogP contribution < -0.4 is 24.6 Å². The molecule has 4 aromatic carbocycles. The summed E-state index contributed by atoms with van der Waals surface area (Å²) in [6.07, 6.45) is 8.29. The zero-order valence-corrected chi connectivity index (χ0v) is 35.1. The van der Waals surface area contributed by atoms with Crippen molar-refractivity contribution in [2.24, 2.45) is 23.2 Å². The fourth-order valence-corrected chi connectivity index (χ4v) is 12.7. The maximum absolute atomic E-state index is 13.5. The summed E-state index contributed by atoms with van der Waals surface area (Å²) in [5.41, 5.74) is 9.51. The first-order chi connectivity index (χ1) is 29.7. The highest BCUT2D eigenvalue weighted by Gasteiger charge is 2.48. The number of carbonyl (C=O) groups excluding carboxylic acids is 3. The van der Waals surface area contributed by atoms with Gasteiger partial charge in [0.2, 0.25) is 11.8 Å². The number of ether oxygens (including phenoxy) is 2. The second kappa shape index (κ2) is 15.2. The van der Waals surface area contributed by atoms with Gasteiger partial charge in [0.15, 0.2) is 5.78 Å². The number of benzene rings is 4. The standard InChI is InChI=1S/C51H56N4O6/c1-60-45-24-35(8-11-41(45)48-38(32-5-3-2-4-6-32)10-7-33-21-37(56)9-12-39(33)48)54-17-15-51(16-18-54)26-31(27-51)28-53-19-20-55-36(29-53)30-61-46-25-42-34(23-44(46)55)22-43(49(42)58)40-13-14-47(57)52-50(40)59/h2-6,8-9,11-12,21,23-25,31,36,38,40,43,48,56H,7,10,13-20,22,26-30H2,1H3,(H,52,57,59)/t36-,38-,40+,43?,48+/m0/s1. The number of methoxy groups -OCH3 is 1. The third kappa shape index (κ3) is 6.86. The molecule has 10 nitrogen and oxygen atoms in total. The number of hydrogen-bond acceptors (Lipinski definition) is 9. The Balaban J connectivity index is 0.705. The number of nitrogens with one attached hydrogen (secondary N) is 1. The molecule has 316 valence electrons. The van der Waals surface area contributed by atoms with Crippen LogP contribution in [0.4, 0.5) is 11.4 Å². The Labute approximate surface area is 358 Å². The number of aryl methyl sites for hydroxylation is 1. The topological polar surface area (TPSA) is 112 Å². The van der Waals surface area contributed by atoms with Crippen LogP contribution in [-0.4, -0.2) is 86.6 Å². The number of fused-ring (bicyclic) bond motifs is 5. The summed E-state index contributed by atoms with van der Waals surface area (Å²) in [4.78, 5) is 45.6. The van der Waals surface area contributed by atoms with Crippen molar-refractivity contribution in [2.45, 2.75) is 75.7 Å². The summed E-state index contributed by atoms with van der Waals surface area (Å²) in [5.74, 6) is 1.82. The van der Waals surface area contributed by atoms with E-state index in [1.807, 2.05) is 18.2 Å². The number of Topliss-reactive ketones (excluding diaryl/α,β-unsaturated/α-hetero) is 1. The number of rotatable bonds is 7. The Kier molecular flexibility index (Phi) is 9.62. The van der Waals surface area contributed by atoms with Crippen molar-refractivity contribution in [2.75, 3.05) is 62.8 Å². The van der Waals surface area contributed by atoms with Crippen LogP contribution >= 0.6 is 0 Å². The molecule has 2 N–H and O–H groups in total. The minimum Gasteiger partial charge on any atom is -0.508 e. The molecule has 1 spiro atoms. The molecule has 0 aromatic heterocycles. The molecule has 4 heterocycles. The van der Waals surface area contributed by atoms with E-state index in [4.69, 9.17) is 9.47 Å². The quantitative estimate of drug-likeness (QED) is 0.186. The van der Waals surface area contributed by atoms with Gasteiger partial charge in [0.05, 0.1) is 18.8 Å². The molecule has 61 heavy (non-hydrogen) atoms. The molecule has 1 unspecified atom stereocenters. The van der Waals surface area contributed by atoms with E-state index in [1.165, 1.54) is 53.6 Å². The van der Waals surface area contributed by atoms with Gasteiger partial charge < -0.3 is 24.4 Å². The van der Waals surface area contributed by atoms with E-state index in [0.717, 1.165) is 80.8 Å². The van der Waals surface area contributed by atoms with Crippen molar-refractivity contribution in [3.05, 3.63) is 112 Å². The van der Waals surface area contributed by atoms with Gasteiger partial charge in [-0.15, -0.1) is 0 Å². The monoisotopic (exact) mass is 820 g/mol. The van der Waals surface area contributed by atoms with E-state index >= 15 is 0 Å². The lowest BCUT2D eigenvalue weighted by Gasteiger charge is -2.54. The molecule has 5 atom stereocenters. The highest BCUT2D eigenvalue weighted by Crippen LogP contribution is 2.54. The van der Waals surface area contributed by atoms with Crippen molar-refractivity contribution in [3.63, 3.8) is 0 Å². The summed E-state index contributed by atoms with van der Waals surface area (Å²) in [6.45, 7) is 6.80. The average molecular weight is 821 g/mol. The Morgan fingerprint density at radius 3 is 2.44 bits per heavy atom. The van der Waals surface area contributed by atoms with Gasteiger partial charge in [-0.3, -0.25) is 24.6 Å². The number of ketones is 1. The van der Waals surface area contributed by atoms with Crippen LogP contribution in [0, 0.1) is 23.2 Å². The third-order valence-corrected chi connectivity index (χ3v) is 15.8. The van der Waals surface area contributed by atoms with Gasteiger partial charge in [-0.2, -0.15) is 0 Å². The smallest absolute Gasteiger partial charge is 0.230 e. The third-order valence-electron chi connectivity index (χ3n) is 15.8. The summed E-state index contributed by atoms with van der Waals surface area (Å²) < 4.78 is 12.5. The fourth-order valence-electron chi connectivity index (χ4n) is 12.7. The molecule has 4 aliphatic heterocycles. The Bertz CT molecular complexity index is 2380. The molecular weight excluding hydrogens is 765 g/mol. The molecule has 0 radical (unpaired) electrons. The first kappa shape index (κ1) is 38.6. The van der Waals surface area contributed by atoms with Crippen LogP contribution in [0.2, 0.25) is 0 Å². The number of amides is 2. The van der Waals surface area contributed by atoms with Gasteiger partial charge in [-0.05, 0) is 121 Å². The maximum atomic E-state index is 13.5. The Hall–Kier alpha value is -5.35. The van der Waals surface area contributed by atoms with Crippen molar-refractivity contribution in [3.8, 4) is 17.2 Å². The van der Waals surface area contributed by atoms with Gasteiger partial charge in [0.1, 0.15) is 23.9 Å². The highest BCUT2D eigenvalue weighted by atomic mass is 16.5. The Morgan fingerprint density at radius 1 is 0.836 bits per heavy atom. The molecular formula is C51H56N4O6. The van der Waals surface area contributed by atoms with E-state index in [2.05, 4.69) is 80.7 Å². The molecule has 1 saturated carbocycles. The number of imide groups is 1. The summed E-state index contributed by atoms with van der Waals surface area (Å²) in [7, 11) is 1.80. The SMILES string of the molecule is COc1cc(N2CCC3(CC2)CC(CN2CCN4c5cc6c(cc5OC[C@@H]4C2)C(=O)C([C@H]2CCC(=O)NC2=O)C6)C3)ccc1[C@H]1c2ccc(O)cc2CC[C@H]1c1ccccc1. The number of piperidine rings is 2. The first-order valence-electron chi connectivity index (χ1n) is 22.7. The van der Waals surface area contributed by atoms with Gasteiger partial charge in [0, 0.05) is 86.3 Å².